The van der Waals surface area contributed by atoms with Gasteiger partial charge in [-0.2, -0.15) is 0 Å². The van der Waals surface area contributed by atoms with Crippen LogP contribution < -0.4 is 62.0 Å². The number of aryl methyl sites for hydroxylation is 6. The Morgan fingerprint density at radius 2 is 0.686 bits per heavy atom. The van der Waals surface area contributed by atoms with Crippen molar-refractivity contribution in [1.82, 2.24) is 0 Å². The van der Waals surface area contributed by atoms with Crippen LogP contribution in [0.2, 0.25) is 0 Å². The fourth-order valence-electron chi connectivity index (χ4n) is 18.9. The Labute approximate surface area is 605 Å². The zero-order valence-electron chi connectivity index (χ0n) is 61.6. The molecule has 2 aliphatic carbocycles. The van der Waals surface area contributed by atoms with Crippen molar-refractivity contribution in [3.8, 4) is 11.5 Å². The van der Waals surface area contributed by atoms with Crippen LogP contribution in [0.3, 0.4) is 0 Å². The van der Waals surface area contributed by atoms with E-state index in [4.69, 9.17) is 4.74 Å². The topological polar surface area (TPSA) is 25.4 Å². The second kappa shape index (κ2) is 23.0. The number of anilines is 15. The Hall–Kier alpha value is -10.4. The molecule has 4 aliphatic heterocycles. The molecule has 0 fully saturated rings. The first-order valence-electron chi connectivity index (χ1n) is 37.1. The molecule has 502 valence electrons. The highest BCUT2D eigenvalue weighted by Gasteiger charge is 2.51. The molecule has 6 aliphatic rings. The maximum absolute atomic E-state index is 7.47. The first kappa shape index (κ1) is 63.7. The molecule has 0 bridgehead atoms. The van der Waals surface area contributed by atoms with E-state index in [2.05, 4.69) is 358 Å². The Bertz CT molecular complexity index is 5440. The lowest BCUT2D eigenvalue weighted by atomic mass is 9.30. The summed E-state index contributed by atoms with van der Waals surface area (Å²) < 4.78 is 7.47. The highest BCUT2D eigenvalue weighted by atomic mass is 16.5. The highest BCUT2D eigenvalue weighted by Crippen LogP contribution is 2.56. The van der Waals surface area contributed by atoms with Crippen molar-refractivity contribution in [3.05, 3.63) is 292 Å². The molecule has 0 unspecified atom stereocenters. The second-order valence-corrected chi connectivity index (χ2v) is 32.9. The van der Waals surface area contributed by atoms with E-state index in [1.807, 2.05) is 0 Å². The number of nitrogens with zero attached hydrogens (tertiary/aromatic N) is 5. The summed E-state index contributed by atoms with van der Waals surface area (Å²) in [6.07, 6.45) is 4.48. The van der Waals surface area contributed by atoms with E-state index in [0.29, 0.717) is 0 Å². The third-order valence-corrected chi connectivity index (χ3v) is 24.5. The van der Waals surface area contributed by atoms with Gasteiger partial charge in [0.1, 0.15) is 11.5 Å². The molecule has 0 amide bonds. The first-order valence-corrected chi connectivity index (χ1v) is 37.1. The van der Waals surface area contributed by atoms with Gasteiger partial charge in [0.05, 0.1) is 22.7 Å². The van der Waals surface area contributed by atoms with Gasteiger partial charge < -0.3 is 29.2 Å². The highest BCUT2D eigenvalue weighted by molar-refractivity contribution is 7.02. The number of ether oxygens (including phenoxy) is 1. The van der Waals surface area contributed by atoms with Gasteiger partial charge in [-0.1, -0.05) is 201 Å². The molecule has 102 heavy (non-hydrogen) atoms. The quantitative estimate of drug-likeness (QED) is 0.134. The molecule has 0 saturated carbocycles. The Morgan fingerprint density at radius 3 is 1.21 bits per heavy atom. The normalized spacial score (nSPS) is 16.3. The summed E-state index contributed by atoms with van der Waals surface area (Å²) in [5.41, 5.74) is 37.5. The van der Waals surface area contributed by atoms with Crippen LogP contribution in [0.15, 0.2) is 237 Å². The van der Waals surface area contributed by atoms with Crippen molar-refractivity contribution in [2.24, 2.45) is 0 Å². The Kier molecular flexibility index (Phi) is 14.4. The number of rotatable bonds is 9. The van der Waals surface area contributed by atoms with E-state index < -0.39 is 0 Å². The summed E-state index contributed by atoms with van der Waals surface area (Å²) in [6.45, 7) is 33.1. The number of benzene rings is 12. The largest absolute Gasteiger partial charge is 0.458 e. The van der Waals surface area contributed by atoms with Crippen LogP contribution in [-0.2, 0) is 21.7 Å². The summed E-state index contributed by atoms with van der Waals surface area (Å²) in [4.78, 5) is 13.0. The van der Waals surface area contributed by atoms with E-state index in [1.54, 1.807) is 0 Å². The summed E-state index contributed by atoms with van der Waals surface area (Å²) in [6, 6.07) is 90.8. The minimum atomic E-state index is -0.203. The van der Waals surface area contributed by atoms with Gasteiger partial charge in [0.25, 0.3) is 13.4 Å². The summed E-state index contributed by atoms with van der Waals surface area (Å²) >= 11 is 0. The molecule has 12 aromatic carbocycles. The van der Waals surface area contributed by atoms with Crippen molar-refractivity contribution >= 4 is 132 Å². The van der Waals surface area contributed by atoms with Crippen LogP contribution in [-0.4, -0.2) is 13.4 Å². The van der Waals surface area contributed by atoms with Crippen LogP contribution in [0.5, 0.6) is 11.5 Å². The zero-order valence-corrected chi connectivity index (χ0v) is 61.6. The van der Waals surface area contributed by atoms with Crippen LogP contribution in [0.25, 0.3) is 0 Å². The van der Waals surface area contributed by atoms with Gasteiger partial charge in [-0.15, -0.1) is 0 Å². The Balaban J connectivity index is 0.991. The van der Waals surface area contributed by atoms with E-state index in [9.17, 15) is 0 Å². The predicted molar refractivity (Wildman–Crippen MR) is 435 cm³/mol. The standard InChI is InChI=1S/C94H89B2N5O/c1-58-29-21-24-40-77(58)100(89-60(3)31-27-32-61(89)4)67-50-82-87-83(51-67)99(66-43-44-69-70(49-66)92(9,10)46-45-91(69,7)8)79-55-72-71(93(11,12)47-48-94(72,13)14)54-74(79)96(87)76-56-75-80(57-81(76)97(82)64-35-17-15-18-36-64)98(65-37-19-16-20-38-65)84-52-68(53-86-88(84)95(75)73-39-23-26-42-85(73)102-86)101(78-41-25-22-30-59(78)2)90-62(5)33-28-34-63(90)6/h15-44,49-57H,45-48H2,1-14H3. The average molecular weight is 1330 g/mol. The number of fused-ring (bicyclic) bond motifs is 10. The molecule has 0 spiro atoms. The van der Waals surface area contributed by atoms with Crippen LogP contribution in [0.4, 0.5) is 85.3 Å². The van der Waals surface area contributed by atoms with E-state index in [-0.39, 0.29) is 35.1 Å². The van der Waals surface area contributed by atoms with E-state index >= 15 is 0 Å². The van der Waals surface area contributed by atoms with Crippen molar-refractivity contribution in [2.75, 3.05) is 24.5 Å². The molecule has 0 radical (unpaired) electrons. The third-order valence-electron chi connectivity index (χ3n) is 24.5. The van der Waals surface area contributed by atoms with Gasteiger partial charge in [-0.25, -0.2) is 0 Å². The van der Waals surface area contributed by atoms with Crippen molar-refractivity contribution < 1.29 is 4.74 Å². The van der Waals surface area contributed by atoms with Crippen molar-refractivity contribution in [1.29, 1.82) is 0 Å². The van der Waals surface area contributed by atoms with Gasteiger partial charge in [0.15, 0.2) is 0 Å². The molecule has 12 aromatic rings. The zero-order chi connectivity index (χ0) is 70.2. The number of hydrogen-bond donors (Lipinski definition) is 0. The smallest absolute Gasteiger partial charge is 0.256 e. The Morgan fingerprint density at radius 1 is 0.294 bits per heavy atom. The fraction of sp³-hybridized carbons (Fsp3) is 0.234. The molecule has 0 N–H and O–H groups in total. The van der Waals surface area contributed by atoms with Crippen molar-refractivity contribution in [3.63, 3.8) is 0 Å². The molecule has 6 nitrogen and oxygen atoms in total. The summed E-state index contributed by atoms with van der Waals surface area (Å²) in [5, 5.41) is 0. The van der Waals surface area contributed by atoms with E-state index in [1.165, 1.54) is 100 Å². The molecular weight excluding hydrogens is 1240 g/mol. The molecule has 0 saturated heterocycles. The number of para-hydroxylation sites is 7. The predicted octanol–water partition coefficient (Wildman–Crippen LogP) is 21.7. The lowest BCUT2D eigenvalue weighted by Gasteiger charge is -2.49. The molecule has 8 heteroatoms. The lowest BCUT2D eigenvalue weighted by Crippen LogP contribution is -2.65. The monoisotopic (exact) mass is 1330 g/mol. The molecule has 0 atom stereocenters. The average Bonchev–Trinajstić information content (AvgIpc) is 0.681. The molecule has 18 rings (SSSR count). The van der Waals surface area contributed by atoms with E-state index in [0.717, 1.165) is 111 Å². The second-order valence-electron chi connectivity index (χ2n) is 32.9. The summed E-state index contributed by atoms with van der Waals surface area (Å²) in [5.74, 6) is 1.74. The van der Waals surface area contributed by atoms with Gasteiger partial charge in [-0.05, 0) is 262 Å². The van der Waals surface area contributed by atoms with Gasteiger partial charge >= 0.3 is 0 Å². The molecule has 4 heterocycles. The van der Waals surface area contributed by atoms with Gasteiger partial charge in [0.2, 0.25) is 0 Å². The van der Waals surface area contributed by atoms with Crippen LogP contribution >= 0.6 is 0 Å². The minimum Gasteiger partial charge on any atom is -0.458 e. The molecule has 0 aromatic heterocycles. The van der Waals surface area contributed by atoms with Crippen LogP contribution in [0, 0.1) is 41.5 Å². The first-order chi connectivity index (χ1) is 49.1. The van der Waals surface area contributed by atoms with Gasteiger partial charge in [-0.3, -0.25) is 0 Å². The third kappa shape index (κ3) is 9.67. The molecular formula is C94H89B2N5O. The maximum Gasteiger partial charge on any atom is 0.256 e. The van der Waals surface area contributed by atoms with Crippen molar-refractivity contribution in [2.45, 2.75) is 144 Å². The number of hydrogen-bond acceptors (Lipinski definition) is 6. The van der Waals surface area contributed by atoms with Crippen LogP contribution in [0.1, 0.15) is 137 Å². The lowest BCUT2D eigenvalue weighted by molar-refractivity contribution is 0.332. The minimum absolute atomic E-state index is 0.0337. The SMILES string of the molecule is Cc1ccccc1N(c1cc2c3c(c1)N(c1ccccc1)c1cc4c(cc1B3c1ccccc1O2)B1c2cc3c(cc2N(c2ccc5c(c2)C(C)(C)CCC5(C)C)c2cc(N(c5ccccc5C)c5c(C)cccc5C)cc(c21)N4c1ccccc1)C(C)(C)CCC3(C)C)c1c(C)cccc1C. The maximum atomic E-state index is 7.47. The van der Waals surface area contributed by atoms with Gasteiger partial charge in [0, 0.05) is 68.6 Å². The fourth-order valence-corrected chi connectivity index (χ4v) is 18.9. The summed E-state index contributed by atoms with van der Waals surface area (Å²) in [7, 11) is 0.